The van der Waals surface area contributed by atoms with Crippen molar-refractivity contribution in [2.24, 2.45) is 0 Å². The molecule has 0 saturated carbocycles. The van der Waals surface area contributed by atoms with Crippen LogP contribution in [0.2, 0.25) is 0 Å². The van der Waals surface area contributed by atoms with Crippen molar-refractivity contribution >= 4 is 21.8 Å². The molecule has 2 aromatic rings. The van der Waals surface area contributed by atoms with E-state index in [0.29, 0.717) is 31.2 Å². The minimum atomic E-state index is -3.64. The lowest BCUT2D eigenvalue weighted by Gasteiger charge is -2.16. The van der Waals surface area contributed by atoms with Crippen LogP contribution in [0, 0.1) is 0 Å². The van der Waals surface area contributed by atoms with Gasteiger partial charge in [0.25, 0.3) is 11.8 Å². The van der Waals surface area contributed by atoms with E-state index in [1.165, 1.54) is 28.6 Å². The first-order valence-electron chi connectivity index (χ1n) is 9.95. The summed E-state index contributed by atoms with van der Waals surface area (Å²) >= 11 is 0. The van der Waals surface area contributed by atoms with Gasteiger partial charge in [-0.3, -0.25) is 20.4 Å². The van der Waals surface area contributed by atoms with Gasteiger partial charge in [0.2, 0.25) is 10.0 Å². The molecule has 0 aromatic heterocycles. The molecular formula is C21H25N3O6S. The molecular weight excluding hydrogens is 422 g/mol. The van der Waals surface area contributed by atoms with Crippen LogP contribution in [0.3, 0.4) is 0 Å². The van der Waals surface area contributed by atoms with Gasteiger partial charge in [-0.1, -0.05) is 6.07 Å². The van der Waals surface area contributed by atoms with Crippen LogP contribution in [0.15, 0.2) is 53.4 Å². The van der Waals surface area contributed by atoms with Gasteiger partial charge in [-0.25, -0.2) is 8.42 Å². The van der Waals surface area contributed by atoms with Crippen molar-refractivity contribution in [2.75, 3.05) is 26.3 Å². The van der Waals surface area contributed by atoms with Gasteiger partial charge >= 0.3 is 0 Å². The number of carbonyl (C=O) groups is 2. The standard InChI is InChI=1S/C21H25N3O6S/c1-2-29-17-8-10-18(11-9-17)30-15-20(25)22-23-21(26)16-6-5-7-19(14-16)31(27,28)24-12-3-4-13-24/h5-11,14H,2-4,12-13,15H2,1H3,(H,22,25)(H,23,26). The lowest BCUT2D eigenvalue weighted by atomic mass is 10.2. The third kappa shape index (κ3) is 5.96. The summed E-state index contributed by atoms with van der Waals surface area (Å²) in [6.07, 6.45) is 1.65. The molecule has 0 unspecified atom stereocenters. The van der Waals surface area contributed by atoms with Crippen LogP contribution in [-0.2, 0) is 14.8 Å². The average molecular weight is 448 g/mol. The molecule has 1 aliphatic heterocycles. The van der Waals surface area contributed by atoms with E-state index in [9.17, 15) is 18.0 Å². The van der Waals surface area contributed by atoms with Crippen molar-refractivity contribution in [3.63, 3.8) is 0 Å². The average Bonchev–Trinajstić information content (AvgIpc) is 3.33. The zero-order valence-corrected chi connectivity index (χ0v) is 18.0. The highest BCUT2D eigenvalue weighted by atomic mass is 32.2. The van der Waals surface area contributed by atoms with Crippen LogP contribution < -0.4 is 20.3 Å². The third-order valence-electron chi connectivity index (χ3n) is 4.62. The summed E-state index contributed by atoms with van der Waals surface area (Å²) in [5.41, 5.74) is 4.63. The molecule has 1 heterocycles. The summed E-state index contributed by atoms with van der Waals surface area (Å²) in [7, 11) is -3.64. The van der Waals surface area contributed by atoms with E-state index in [2.05, 4.69) is 10.9 Å². The van der Waals surface area contributed by atoms with Gasteiger partial charge in [0, 0.05) is 18.7 Å². The fraction of sp³-hybridized carbons (Fsp3) is 0.333. The van der Waals surface area contributed by atoms with E-state index in [1.54, 1.807) is 24.3 Å². The fourth-order valence-corrected chi connectivity index (χ4v) is 4.62. The van der Waals surface area contributed by atoms with Crippen LogP contribution in [-0.4, -0.2) is 50.8 Å². The Morgan fingerprint density at radius 1 is 0.968 bits per heavy atom. The third-order valence-corrected chi connectivity index (χ3v) is 6.51. The van der Waals surface area contributed by atoms with Crippen molar-refractivity contribution in [1.82, 2.24) is 15.2 Å². The second kappa shape index (κ2) is 10.3. The molecule has 1 aliphatic rings. The molecule has 1 fully saturated rings. The zero-order valence-electron chi connectivity index (χ0n) is 17.2. The Bertz CT molecular complexity index is 1020. The fourth-order valence-electron chi connectivity index (χ4n) is 3.06. The van der Waals surface area contributed by atoms with Crippen LogP contribution in [0.5, 0.6) is 11.5 Å². The summed E-state index contributed by atoms with van der Waals surface area (Å²) in [5.74, 6) is -0.0266. The van der Waals surface area contributed by atoms with Gasteiger partial charge < -0.3 is 9.47 Å². The molecule has 166 valence electrons. The predicted octanol–water partition coefficient (Wildman–Crippen LogP) is 1.71. The zero-order chi connectivity index (χ0) is 22.3. The van der Waals surface area contributed by atoms with Crippen LogP contribution in [0.25, 0.3) is 0 Å². The molecule has 31 heavy (non-hydrogen) atoms. The van der Waals surface area contributed by atoms with Crippen LogP contribution >= 0.6 is 0 Å². The molecule has 1 saturated heterocycles. The number of ether oxygens (including phenoxy) is 2. The van der Waals surface area contributed by atoms with Crippen LogP contribution in [0.4, 0.5) is 0 Å². The van der Waals surface area contributed by atoms with Crippen molar-refractivity contribution in [3.8, 4) is 11.5 Å². The van der Waals surface area contributed by atoms with Gasteiger partial charge in [0.05, 0.1) is 11.5 Å². The van der Waals surface area contributed by atoms with Crippen molar-refractivity contribution < 1.29 is 27.5 Å². The van der Waals surface area contributed by atoms with Crippen molar-refractivity contribution in [2.45, 2.75) is 24.7 Å². The number of carbonyl (C=O) groups excluding carboxylic acids is 2. The molecule has 10 heteroatoms. The van der Waals surface area contributed by atoms with Gasteiger partial charge in [0.1, 0.15) is 11.5 Å². The normalized spacial score (nSPS) is 14.1. The SMILES string of the molecule is CCOc1ccc(OCC(=O)NNC(=O)c2cccc(S(=O)(=O)N3CCCC3)c2)cc1. The molecule has 3 rings (SSSR count). The van der Waals surface area contributed by atoms with E-state index in [1.807, 2.05) is 6.92 Å². The quantitative estimate of drug-likeness (QED) is 0.596. The topological polar surface area (TPSA) is 114 Å². The number of hydrogen-bond donors (Lipinski definition) is 2. The maximum atomic E-state index is 12.7. The van der Waals surface area contributed by atoms with Crippen molar-refractivity contribution in [1.29, 1.82) is 0 Å². The molecule has 0 radical (unpaired) electrons. The summed E-state index contributed by atoms with van der Waals surface area (Å²) < 4.78 is 37.4. The Balaban J connectivity index is 1.51. The summed E-state index contributed by atoms with van der Waals surface area (Å²) in [5, 5.41) is 0. The van der Waals surface area contributed by atoms with Gasteiger partial charge in [-0.2, -0.15) is 4.31 Å². The number of benzene rings is 2. The summed E-state index contributed by atoms with van der Waals surface area (Å²) in [6, 6.07) is 12.5. The number of sulfonamides is 1. The molecule has 0 spiro atoms. The Labute approximate surface area is 181 Å². The molecule has 2 N–H and O–H groups in total. The number of amides is 2. The van der Waals surface area contributed by atoms with Crippen molar-refractivity contribution in [3.05, 3.63) is 54.1 Å². The minimum Gasteiger partial charge on any atom is -0.494 e. The van der Waals surface area contributed by atoms with Gasteiger partial charge in [0.15, 0.2) is 6.61 Å². The number of nitrogens with zero attached hydrogens (tertiary/aromatic N) is 1. The maximum absolute atomic E-state index is 12.7. The molecule has 2 amide bonds. The Morgan fingerprint density at radius 2 is 1.61 bits per heavy atom. The maximum Gasteiger partial charge on any atom is 0.276 e. The molecule has 9 nitrogen and oxygen atoms in total. The predicted molar refractivity (Wildman–Crippen MR) is 113 cm³/mol. The largest absolute Gasteiger partial charge is 0.494 e. The number of nitrogens with one attached hydrogen (secondary N) is 2. The van der Waals surface area contributed by atoms with E-state index >= 15 is 0 Å². The molecule has 0 aliphatic carbocycles. The van der Waals surface area contributed by atoms with E-state index in [-0.39, 0.29) is 17.1 Å². The highest BCUT2D eigenvalue weighted by Gasteiger charge is 2.27. The second-order valence-corrected chi connectivity index (χ2v) is 8.77. The lowest BCUT2D eigenvalue weighted by molar-refractivity contribution is -0.123. The smallest absolute Gasteiger partial charge is 0.276 e. The van der Waals surface area contributed by atoms with E-state index in [0.717, 1.165) is 12.8 Å². The monoisotopic (exact) mass is 447 g/mol. The molecule has 0 bridgehead atoms. The minimum absolute atomic E-state index is 0.0483. The lowest BCUT2D eigenvalue weighted by Crippen LogP contribution is -2.43. The van der Waals surface area contributed by atoms with E-state index in [4.69, 9.17) is 9.47 Å². The number of rotatable bonds is 8. The number of hydrazine groups is 1. The Kier molecular flexibility index (Phi) is 7.48. The summed E-state index contributed by atoms with van der Waals surface area (Å²) in [4.78, 5) is 24.3. The molecule has 2 aromatic carbocycles. The summed E-state index contributed by atoms with van der Waals surface area (Å²) in [6.45, 7) is 3.07. The van der Waals surface area contributed by atoms with Gasteiger partial charge in [-0.15, -0.1) is 0 Å². The second-order valence-electron chi connectivity index (χ2n) is 6.83. The Morgan fingerprint density at radius 3 is 2.26 bits per heavy atom. The van der Waals surface area contributed by atoms with E-state index < -0.39 is 21.8 Å². The molecule has 0 atom stereocenters. The first-order valence-corrected chi connectivity index (χ1v) is 11.4. The highest BCUT2D eigenvalue weighted by molar-refractivity contribution is 7.89. The Hall–Kier alpha value is -3.11. The highest BCUT2D eigenvalue weighted by Crippen LogP contribution is 2.21. The van der Waals surface area contributed by atoms with Gasteiger partial charge in [-0.05, 0) is 62.2 Å². The first-order chi connectivity index (χ1) is 14.9. The number of hydrogen-bond acceptors (Lipinski definition) is 6. The first kappa shape index (κ1) is 22.6. The van der Waals surface area contributed by atoms with Crippen LogP contribution in [0.1, 0.15) is 30.1 Å².